The van der Waals surface area contributed by atoms with Crippen LogP contribution in [0.15, 0.2) is 12.4 Å². The van der Waals surface area contributed by atoms with Gasteiger partial charge in [-0.1, -0.05) is 13.8 Å². The van der Waals surface area contributed by atoms with Crippen molar-refractivity contribution in [2.75, 3.05) is 18.0 Å². The summed E-state index contributed by atoms with van der Waals surface area (Å²) >= 11 is 0. The van der Waals surface area contributed by atoms with Crippen LogP contribution in [0.4, 0.5) is 5.82 Å². The van der Waals surface area contributed by atoms with Gasteiger partial charge in [0.2, 0.25) is 0 Å². The van der Waals surface area contributed by atoms with Crippen LogP contribution in [0, 0.1) is 0 Å². The van der Waals surface area contributed by atoms with E-state index in [0.717, 1.165) is 11.5 Å². The number of nitrogens with zero attached hydrogens (tertiary/aromatic N) is 3. The molecule has 0 bridgehead atoms. The summed E-state index contributed by atoms with van der Waals surface area (Å²) in [6, 6.07) is 1.90. The normalized spacial score (nSPS) is 23.7. The highest BCUT2D eigenvalue weighted by Crippen LogP contribution is 2.25. The van der Waals surface area contributed by atoms with Gasteiger partial charge in [0.15, 0.2) is 0 Å². The van der Waals surface area contributed by atoms with Gasteiger partial charge in [0.1, 0.15) is 17.7 Å². The molecule has 2 rings (SSSR count). The van der Waals surface area contributed by atoms with Crippen LogP contribution in [-0.2, 0) is 4.79 Å². The van der Waals surface area contributed by atoms with Gasteiger partial charge in [-0.05, 0) is 12.3 Å². The minimum absolute atomic E-state index is 0.289. The molecule has 18 heavy (non-hydrogen) atoms. The highest BCUT2D eigenvalue weighted by atomic mass is 16.4. The lowest BCUT2D eigenvalue weighted by Gasteiger charge is -2.21. The third kappa shape index (κ3) is 2.28. The van der Waals surface area contributed by atoms with E-state index in [2.05, 4.69) is 23.8 Å². The number of anilines is 1. The van der Waals surface area contributed by atoms with Crippen molar-refractivity contribution >= 4 is 11.8 Å². The quantitative estimate of drug-likeness (QED) is 0.815. The van der Waals surface area contributed by atoms with Crippen molar-refractivity contribution in [2.45, 2.75) is 31.7 Å². The average molecular weight is 250 g/mol. The van der Waals surface area contributed by atoms with Crippen LogP contribution in [-0.4, -0.2) is 39.7 Å². The number of carboxylic acids is 1. The summed E-state index contributed by atoms with van der Waals surface area (Å²) in [6.45, 7) is 5.01. The molecule has 1 saturated heterocycles. The van der Waals surface area contributed by atoms with Gasteiger partial charge in [-0.2, -0.15) is 0 Å². The van der Waals surface area contributed by atoms with Crippen molar-refractivity contribution in [1.29, 1.82) is 0 Å². The minimum atomic E-state index is -1.16. The largest absolute Gasteiger partial charge is 0.480 e. The molecule has 1 unspecified atom stereocenters. The van der Waals surface area contributed by atoms with Crippen LogP contribution >= 0.6 is 0 Å². The molecule has 1 aliphatic rings. The van der Waals surface area contributed by atoms with E-state index >= 15 is 0 Å². The number of rotatable bonds is 3. The standard InChI is InChI=1S/C12H18N4O2/c1-8(2)9-5-10(15-7-14-9)16-4-3-12(13,6-16)11(17)18/h5,7-8H,3-4,6,13H2,1-2H3,(H,17,18). The Morgan fingerprint density at radius 1 is 1.56 bits per heavy atom. The maximum Gasteiger partial charge on any atom is 0.325 e. The van der Waals surface area contributed by atoms with Crippen LogP contribution in [0.3, 0.4) is 0 Å². The Morgan fingerprint density at radius 3 is 2.83 bits per heavy atom. The number of aromatic nitrogens is 2. The van der Waals surface area contributed by atoms with E-state index in [1.807, 2.05) is 11.0 Å². The Labute approximate surface area is 106 Å². The Bertz CT molecular complexity index is 463. The lowest BCUT2D eigenvalue weighted by Crippen LogP contribution is -2.50. The number of carbonyl (C=O) groups is 1. The predicted octanol–water partition coefficient (Wildman–Crippen LogP) is 0.592. The summed E-state index contributed by atoms with van der Waals surface area (Å²) in [5.41, 5.74) is 5.63. The fourth-order valence-corrected chi connectivity index (χ4v) is 2.05. The van der Waals surface area contributed by atoms with Gasteiger partial charge in [0, 0.05) is 24.8 Å². The molecular formula is C12H18N4O2. The molecule has 0 saturated carbocycles. The lowest BCUT2D eigenvalue weighted by molar-refractivity contribution is -0.142. The van der Waals surface area contributed by atoms with Crippen molar-refractivity contribution in [3.63, 3.8) is 0 Å². The van der Waals surface area contributed by atoms with Crippen LogP contribution in [0.25, 0.3) is 0 Å². The van der Waals surface area contributed by atoms with Gasteiger partial charge in [-0.15, -0.1) is 0 Å². The third-order valence-electron chi connectivity index (χ3n) is 3.32. The molecule has 0 radical (unpaired) electrons. The van der Waals surface area contributed by atoms with Gasteiger partial charge in [0.05, 0.1) is 0 Å². The Morgan fingerprint density at radius 2 is 2.28 bits per heavy atom. The van der Waals surface area contributed by atoms with Gasteiger partial charge >= 0.3 is 5.97 Å². The van der Waals surface area contributed by atoms with Gasteiger partial charge < -0.3 is 15.7 Å². The molecule has 1 aromatic rings. The monoisotopic (exact) mass is 250 g/mol. The first-order valence-corrected chi connectivity index (χ1v) is 6.01. The van der Waals surface area contributed by atoms with E-state index in [0.29, 0.717) is 18.9 Å². The molecular weight excluding hydrogens is 232 g/mol. The molecule has 1 aliphatic heterocycles. The lowest BCUT2D eigenvalue weighted by atomic mass is 10.0. The molecule has 0 aliphatic carbocycles. The minimum Gasteiger partial charge on any atom is -0.480 e. The van der Waals surface area contributed by atoms with Crippen LogP contribution in [0.5, 0.6) is 0 Å². The van der Waals surface area contributed by atoms with Crippen molar-refractivity contribution < 1.29 is 9.90 Å². The molecule has 6 heteroatoms. The second-order valence-corrected chi connectivity index (χ2v) is 5.09. The molecule has 2 heterocycles. The molecule has 1 atom stereocenters. The van der Waals surface area contributed by atoms with Crippen molar-refractivity contribution in [3.05, 3.63) is 18.1 Å². The van der Waals surface area contributed by atoms with E-state index < -0.39 is 11.5 Å². The van der Waals surface area contributed by atoms with Crippen LogP contribution in [0.1, 0.15) is 31.9 Å². The number of hydrogen-bond donors (Lipinski definition) is 2. The van der Waals surface area contributed by atoms with E-state index in [4.69, 9.17) is 10.8 Å². The van der Waals surface area contributed by atoms with Gasteiger partial charge in [0.25, 0.3) is 0 Å². The summed E-state index contributed by atoms with van der Waals surface area (Å²) in [7, 11) is 0. The van der Waals surface area contributed by atoms with E-state index in [-0.39, 0.29) is 6.54 Å². The second kappa shape index (κ2) is 4.53. The van der Waals surface area contributed by atoms with Crippen molar-refractivity contribution in [2.24, 2.45) is 5.73 Å². The maximum absolute atomic E-state index is 11.1. The highest BCUT2D eigenvalue weighted by Gasteiger charge is 2.41. The second-order valence-electron chi connectivity index (χ2n) is 5.09. The Kier molecular flexibility index (Phi) is 3.21. The first kappa shape index (κ1) is 12.8. The zero-order valence-corrected chi connectivity index (χ0v) is 10.6. The topological polar surface area (TPSA) is 92.3 Å². The summed E-state index contributed by atoms with van der Waals surface area (Å²) < 4.78 is 0. The summed E-state index contributed by atoms with van der Waals surface area (Å²) in [4.78, 5) is 21.4. The number of carboxylic acid groups (broad SMARTS) is 1. The molecule has 0 spiro atoms. The van der Waals surface area contributed by atoms with Crippen molar-refractivity contribution in [1.82, 2.24) is 9.97 Å². The van der Waals surface area contributed by atoms with E-state index in [9.17, 15) is 4.79 Å². The average Bonchev–Trinajstić information content (AvgIpc) is 2.73. The first-order chi connectivity index (χ1) is 8.42. The summed E-state index contributed by atoms with van der Waals surface area (Å²) in [5, 5.41) is 9.10. The third-order valence-corrected chi connectivity index (χ3v) is 3.32. The number of hydrogen-bond acceptors (Lipinski definition) is 5. The van der Waals surface area contributed by atoms with Crippen molar-refractivity contribution in [3.8, 4) is 0 Å². The van der Waals surface area contributed by atoms with E-state index in [1.54, 1.807) is 0 Å². The van der Waals surface area contributed by atoms with Gasteiger partial charge in [-0.3, -0.25) is 4.79 Å². The number of aliphatic carboxylic acids is 1. The zero-order valence-electron chi connectivity index (χ0n) is 10.6. The maximum atomic E-state index is 11.1. The molecule has 1 aromatic heterocycles. The molecule has 1 fully saturated rings. The summed E-state index contributed by atoms with van der Waals surface area (Å²) in [6.07, 6.45) is 1.95. The predicted molar refractivity (Wildman–Crippen MR) is 67.5 cm³/mol. The highest BCUT2D eigenvalue weighted by molar-refractivity contribution is 5.80. The molecule has 0 aromatic carbocycles. The molecule has 6 nitrogen and oxygen atoms in total. The first-order valence-electron chi connectivity index (χ1n) is 6.01. The molecule has 3 N–H and O–H groups in total. The smallest absolute Gasteiger partial charge is 0.325 e. The molecule has 0 amide bonds. The summed E-state index contributed by atoms with van der Waals surface area (Å²) in [5.74, 6) is 0.113. The Balaban J connectivity index is 2.19. The SMILES string of the molecule is CC(C)c1cc(N2CCC(N)(C(=O)O)C2)ncn1. The fourth-order valence-electron chi connectivity index (χ4n) is 2.05. The van der Waals surface area contributed by atoms with Crippen LogP contribution in [0.2, 0.25) is 0 Å². The van der Waals surface area contributed by atoms with Gasteiger partial charge in [-0.25, -0.2) is 9.97 Å². The molecule has 98 valence electrons. The fraction of sp³-hybridized carbons (Fsp3) is 0.583. The zero-order chi connectivity index (χ0) is 13.3. The number of nitrogens with two attached hydrogens (primary N) is 1. The Hall–Kier alpha value is -1.69. The van der Waals surface area contributed by atoms with E-state index in [1.165, 1.54) is 6.33 Å². The van der Waals surface area contributed by atoms with Crippen LogP contribution < -0.4 is 10.6 Å².